The van der Waals surface area contributed by atoms with Crippen LogP contribution >= 0.6 is 34.8 Å². The first kappa shape index (κ1) is 19.1. The average Bonchev–Trinajstić information content (AvgIpc) is 2.73. The van der Waals surface area contributed by atoms with Crippen LogP contribution in [0, 0.1) is 0 Å². The van der Waals surface area contributed by atoms with Gasteiger partial charge in [-0.3, -0.25) is 0 Å². The third-order valence-corrected chi connectivity index (χ3v) is 5.30. The van der Waals surface area contributed by atoms with Gasteiger partial charge < -0.3 is 0 Å². The average molecular weight is 354 g/mol. The van der Waals surface area contributed by atoms with Crippen LogP contribution < -0.4 is 0 Å². The molecule has 1 atom stereocenters. The lowest BCUT2D eigenvalue weighted by atomic mass is 9.88. The van der Waals surface area contributed by atoms with E-state index in [9.17, 15) is 0 Å². The molecule has 0 saturated heterocycles. The summed E-state index contributed by atoms with van der Waals surface area (Å²) in [4.78, 5) is 0. The van der Waals surface area contributed by atoms with Crippen molar-refractivity contribution in [2.24, 2.45) is 0 Å². The summed E-state index contributed by atoms with van der Waals surface area (Å²) in [5.74, 6) is 0. The predicted octanol–water partition coefficient (Wildman–Crippen LogP) is 7.11. The van der Waals surface area contributed by atoms with Crippen LogP contribution in [-0.2, 0) is 5.54 Å². The van der Waals surface area contributed by atoms with Gasteiger partial charge in [-0.15, -0.1) is 0 Å². The number of hydrogen-bond donors (Lipinski definition) is 0. The molecule has 21 heavy (non-hydrogen) atoms. The molecule has 1 aromatic heterocycles. The lowest BCUT2D eigenvalue weighted by molar-refractivity contribution is 0.229. The summed E-state index contributed by atoms with van der Waals surface area (Å²) in [7, 11) is 0. The lowest BCUT2D eigenvalue weighted by Gasteiger charge is -2.31. The fourth-order valence-corrected chi connectivity index (χ4v) is 3.38. The molecule has 122 valence electrons. The Kier molecular flexibility index (Phi) is 8.44. The molecule has 2 nitrogen and oxygen atoms in total. The van der Waals surface area contributed by atoms with Crippen molar-refractivity contribution in [2.75, 3.05) is 0 Å². The quantitative estimate of drug-likeness (QED) is 0.410. The topological polar surface area (TPSA) is 17.8 Å². The molecular formula is C16H27Cl3N2. The molecule has 0 saturated carbocycles. The van der Waals surface area contributed by atoms with Gasteiger partial charge in [-0.25, -0.2) is 4.68 Å². The number of rotatable bonds is 10. The van der Waals surface area contributed by atoms with E-state index in [1.165, 1.54) is 32.1 Å². The summed E-state index contributed by atoms with van der Waals surface area (Å²) in [6, 6.07) is 0. The van der Waals surface area contributed by atoms with Crippen molar-refractivity contribution in [3.8, 4) is 0 Å². The Hall–Kier alpha value is 0.0800. The van der Waals surface area contributed by atoms with Crippen LogP contribution in [0.15, 0.2) is 0 Å². The van der Waals surface area contributed by atoms with E-state index in [0.717, 1.165) is 25.7 Å². The number of halogens is 3. The minimum atomic E-state index is -0.101. The maximum Gasteiger partial charge on any atom is 0.171 e. The van der Waals surface area contributed by atoms with E-state index in [0.29, 0.717) is 15.3 Å². The monoisotopic (exact) mass is 352 g/mol. The highest BCUT2D eigenvalue weighted by Gasteiger charge is 2.30. The highest BCUT2D eigenvalue weighted by atomic mass is 35.5. The van der Waals surface area contributed by atoms with Gasteiger partial charge in [0.1, 0.15) is 10.2 Å². The van der Waals surface area contributed by atoms with Gasteiger partial charge in [0.2, 0.25) is 0 Å². The SMILES string of the molecule is CCCCCCCC(C)(CCCC)n1nc(Cl)c(Cl)c1Cl. The minimum absolute atomic E-state index is 0.101. The molecule has 0 aliphatic heterocycles. The van der Waals surface area contributed by atoms with E-state index in [-0.39, 0.29) is 5.54 Å². The van der Waals surface area contributed by atoms with E-state index < -0.39 is 0 Å². The first-order chi connectivity index (χ1) is 9.96. The number of aromatic nitrogens is 2. The van der Waals surface area contributed by atoms with E-state index in [1.807, 2.05) is 4.68 Å². The maximum atomic E-state index is 6.32. The maximum absolute atomic E-state index is 6.32. The zero-order chi connectivity index (χ0) is 15.9. The van der Waals surface area contributed by atoms with Crippen LogP contribution in [0.4, 0.5) is 0 Å². The van der Waals surface area contributed by atoms with Gasteiger partial charge in [-0.2, -0.15) is 5.10 Å². The van der Waals surface area contributed by atoms with Crippen LogP contribution in [0.25, 0.3) is 0 Å². The molecule has 0 bridgehead atoms. The van der Waals surface area contributed by atoms with Gasteiger partial charge >= 0.3 is 0 Å². The second-order valence-electron chi connectivity index (χ2n) is 6.07. The van der Waals surface area contributed by atoms with Crippen molar-refractivity contribution in [3.63, 3.8) is 0 Å². The first-order valence-corrected chi connectivity index (χ1v) is 9.19. The first-order valence-electron chi connectivity index (χ1n) is 8.06. The molecule has 0 aliphatic carbocycles. The zero-order valence-corrected chi connectivity index (χ0v) is 15.7. The van der Waals surface area contributed by atoms with Gasteiger partial charge in [-0.1, -0.05) is 93.6 Å². The van der Waals surface area contributed by atoms with Crippen LogP contribution in [0.5, 0.6) is 0 Å². The number of hydrogen-bond acceptors (Lipinski definition) is 1. The van der Waals surface area contributed by atoms with Crippen LogP contribution in [0.3, 0.4) is 0 Å². The van der Waals surface area contributed by atoms with Crippen molar-refractivity contribution >= 4 is 34.8 Å². The summed E-state index contributed by atoms with van der Waals surface area (Å²) >= 11 is 18.4. The molecule has 5 heteroatoms. The Morgan fingerprint density at radius 3 is 2.00 bits per heavy atom. The largest absolute Gasteiger partial charge is 0.245 e. The van der Waals surface area contributed by atoms with Gasteiger partial charge in [-0.05, 0) is 19.8 Å². The Labute approximate surface area is 144 Å². The summed E-state index contributed by atoms with van der Waals surface area (Å²) in [6.45, 7) is 6.65. The van der Waals surface area contributed by atoms with E-state index in [1.54, 1.807) is 0 Å². The Morgan fingerprint density at radius 2 is 1.48 bits per heavy atom. The molecule has 1 unspecified atom stereocenters. The van der Waals surface area contributed by atoms with Gasteiger partial charge in [0.15, 0.2) is 5.15 Å². The lowest BCUT2D eigenvalue weighted by Crippen LogP contribution is -2.31. The smallest absolute Gasteiger partial charge is 0.171 e. The standard InChI is InChI=1S/C16H27Cl3N2/c1-4-6-8-9-10-12-16(3,11-7-5-2)21-15(19)13(17)14(18)20-21/h4-12H2,1-3H3. The van der Waals surface area contributed by atoms with Crippen LogP contribution in [0.2, 0.25) is 15.3 Å². The molecule has 1 rings (SSSR count). The van der Waals surface area contributed by atoms with Crippen molar-refractivity contribution in [2.45, 2.75) is 84.1 Å². The molecule has 0 amide bonds. The highest BCUT2D eigenvalue weighted by Crippen LogP contribution is 2.38. The zero-order valence-electron chi connectivity index (χ0n) is 13.4. The fourth-order valence-electron chi connectivity index (χ4n) is 2.72. The molecular weight excluding hydrogens is 327 g/mol. The van der Waals surface area contributed by atoms with Gasteiger partial charge in [0, 0.05) is 0 Å². The summed E-state index contributed by atoms with van der Waals surface area (Å²) in [5, 5.41) is 5.50. The molecule has 0 aliphatic rings. The minimum Gasteiger partial charge on any atom is -0.245 e. The highest BCUT2D eigenvalue weighted by molar-refractivity contribution is 6.47. The molecule has 1 heterocycles. The Bertz CT molecular complexity index is 431. The van der Waals surface area contributed by atoms with Crippen molar-refractivity contribution in [1.29, 1.82) is 0 Å². The molecule has 1 aromatic rings. The predicted molar refractivity (Wildman–Crippen MR) is 93.8 cm³/mol. The number of unbranched alkanes of at least 4 members (excludes halogenated alkanes) is 5. The van der Waals surface area contributed by atoms with Crippen LogP contribution in [-0.4, -0.2) is 9.78 Å². The second kappa shape index (κ2) is 9.27. The second-order valence-corrected chi connectivity index (χ2v) is 7.17. The van der Waals surface area contributed by atoms with Crippen molar-refractivity contribution in [3.05, 3.63) is 15.3 Å². The van der Waals surface area contributed by atoms with Crippen molar-refractivity contribution < 1.29 is 0 Å². The summed E-state index contributed by atoms with van der Waals surface area (Å²) in [5.41, 5.74) is -0.101. The third kappa shape index (κ3) is 5.33. The third-order valence-electron chi connectivity index (χ3n) is 4.14. The van der Waals surface area contributed by atoms with Crippen LogP contribution in [0.1, 0.15) is 78.6 Å². The number of nitrogens with zero attached hydrogens (tertiary/aromatic N) is 2. The molecule has 0 radical (unpaired) electrons. The normalized spacial score (nSPS) is 14.4. The van der Waals surface area contributed by atoms with Gasteiger partial charge in [0.05, 0.1) is 5.54 Å². The summed E-state index contributed by atoms with van der Waals surface area (Å²) < 4.78 is 1.84. The fraction of sp³-hybridized carbons (Fsp3) is 0.812. The van der Waals surface area contributed by atoms with E-state index >= 15 is 0 Å². The summed E-state index contributed by atoms with van der Waals surface area (Å²) in [6.07, 6.45) is 10.7. The van der Waals surface area contributed by atoms with E-state index in [2.05, 4.69) is 25.9 Å². The molecule has 0 N–H and O–H groups in total. The molecule has 0 spiro atoms. The molecule has 0 aromatic carbocycles. The Morgan fingerprint density at radius 1 is 0.905 bits per heavy atom. The van der Waals surface area contributed by atoms with Crippen molar-refractivity contribution in [1.82, 2.24) is 9.78 Å². The Balaban J connectivity index is 2.79. The molecule has 0 fully saturated rings. The van der Waals surface area contributed by atoms with E-state index in [4.69, 9.17) is 34.8 Å². The van der Waals surface area contributed by atoms with Gasteiger partial charge in [0.25, 0.3) is 0 Å².